The van der Waals surface area contributed by atoms with Crippen LogP contribution in [-0.2, 0) is 14.8 Å². The number of rotatable bonds is 4. The van der Waals surface area contributed by atoms with Crippen molar-refractivity contribution < 1.29 is 17.9 Å². The molecule has 0 aromatic heterocycles. The Morgan fingerprint density at radius 3 is 2.12 bits per heavy atom. The maximum Gasteiger partial charge on any atom is 0.410 e. The molecule has 3 aromatic rings. The molecule has 1 aliphatic heterocycles. The standard InChI is InChI=1S/C26H31N3O4S/c1-19-9-11-20(12-10-19)34(31,32)27-23-13-14-24(22-8-6-5-7-21(22)23)28-15-17-29(18-16-28)25(30)33-26(2,3)4/h5-14,27H,15-18H2,1-4H3. The number of piperazine rings is 1. The van der Waals surface area contributed by atoms with Crippen molar-refractivity contribution in [1.29, 1.82) is 0 Å². The highest BCUT2D eigenvalue weighted by Gasteiger charge is 2.27. The number of sulfonamides is 1. The Hall–Kier alpha value is -3.26. The Morgan fingerprint density at radius 1 is 0.882 bits per heavy atom. The molecule has 7 nitrogen and oxygen atoms in total. The Balaban J connectivity index is 1.56. The predicted molar refractivity (Wildman–Crippen MR) is 136 cm³/mol. The van der Waals surface area contributed by atoms with E-state index in [2.05, 4.69) is 9.62 Å². The van der Waals surface area contributed by atoms with Gasteiger partial charge in [0, 0.05) is 42.6 Å². The van der Waals surface area contributed by atoms with Gasteiger partial charge in [0.05, 0.1) is 10.6 Å². The number of nitrogens with one attached hydrogen (secondary N) is 1. The van der Waals surface area contributed by atoms with Crippen LogP contribution in [0.3, 0.4) is 0 Å². The van der Waals surface area contributed by atoms with Crippen LogP contribution in [-0.4, -0.2) is 51.2 Å². The second kappa shape index (κ2) is 9.18. The van der Waals surface area contributed by atoms with E-state index in [0.717, 1.165) is 22.0 Å². The summed E-state index contributed by atoms with van der Waals surface area (Å²) in [6.45, 7) is 9.96. The van der Waals surface area contributed by atoms with Gasteiger partial charge in [0.15, 0.2) is 0 Å². The van der Waals surface area contributed by atoms with Gasteiger partial charge in [-0.25, -0.2) is 13.2 Å². The number of carbonyl (C=O) groups is 1. The molecular weight excluding hydrogens is 450 g/mol. The summed E-state index contributed by atoms with van der Waals surface area (Å²) in [6, 6.07) is 18.3. The van der Waals surface area contributed by atoms with Crippen LogP contribution in [0.15, 0.2) is 65.6 Å². The van der Waals surface area contributed by atoms with Gasteiger partial charge >= 0.3 is 6.09 Å². The fraction of sp³-hybridized carbons (Fsp3) is 0.346. The van der Waals surface area contributed by atoms with Gasteiger partial charge < -0.3 is 14.5 Å². The van der Waals surface area contributed by atoms with Crippen molar-refractivity contribution in [2.24, 2.45) is 0 Å². The van der Waals surface area contributed by atoms with Crippen molar-refractivity contribution in [1.82, 2.24) is 4.90 Å². The lowest BCUT2D eigenvalue weighted by atomic mass is 10.1. The Bertz CT molecular complexity index is 1290. The summed E-state index contributed by atoms with van der Waals surface area (Å²) < 4.78 is 34.2. The lowest BCUT2D eigenvalue weighted by Gasteiger charge is -2.37. The quantitative estimate of drug-likeness (QED) is 0.567. The van der Waals surface area contributed by atoms with Gasteiger partial charge in [-0.05, 0) is 52.0 Å². The second-order valence-electron chi connectivity index (χ2n) is 9.55. The molecule has 1 fully saturated rings. The largest absolute Gasteiger partial charge is 0.444 e. The number of aryl methyl sites for hydroxylation is 1. The third-order valence-corrected chi connectivity index (χ3v) is 7.13. The van der Waals surface area contributed by atoms with Crippen molar-refractivity contribution in [2.75, 3.05) is 35.8 Å². The highest BCUT2D eigenvalue weighted by molar-refractivity contribution is 7.92. The van der Waals surface area contributed by atoms with Gasteiger partial charge in [-0.3, -0.25) is 4.72 Å². The molecule has 0 aliphatic carbocycles. The number of nitrogens with zero attached hydrogens (tertiary/aromatic N) is 2. The van der Waals surface area contributed by atoms with Gasteiger partial charge in [-0.1, -0.05) is 42.0 Å². The average Bonchev–Trinajstić information content (AvgIpc) is 2.78. The predicted octanol–water partition coefficient (Wildman–Crippen LogP) is 5.01. The van der Waals surface area contributed by atoms with Crippen molar-refractivity contribution >= 4 is 38.3 Å². The number of hydrogen-bond donors (Lipinski definition) is 1. The molecule has 0 unspecified atom stereocenters. The van der Waals surface area contributed by atoms with Crippen LogP contribution >= 0.6 is 0 Å². The fourth-order valence-electron chi connectivity index (χ4n) is 4.03. The van der Waals surface area contributed by atoms with Crippen molar-refractivity contribution in [3.63, 3.8) is 0 Å². The third kappa shape index (κ3) is 5.28. The van der Waals surface area contributed by atoms with Crippen LogP contribution in [0, 0.1) is 6.92 Å². The number of anilines is 2. The molecule has 3 aromatic carbocycles. The van der Waals surface area contributed by atoms with Crippen LogP contribution < -0.4 is 9.62 Å². The molecule has 1 heterocycles. The van der Waals surface area contributed by atoms with E-state index in [4.69, 9.17) is 4.74 Å². The summed E-state index contributed by atoms with van der Waals surface area (Å²) in [6.07, 6.45) is -0.294. The average molecular weight is 482 g/mol. The van der Waals surface area contributed by atoms with Crippen molar-refractivity contribution in [2.45, 2.75) is 38.2 Å². The molecular formula is C26H31N3O4S. The first-order chi connectivity index (χ1) is 16.0. The molecule has 1 aliphatic rings. The SMILES string of the molecule is Cc1ccc(S(=O)(=O)Nc2ccc(N3CCN(C(=O)OC(C)(C)C)CC3)c3ccccc23)cc1. The molecule has 180 valence electrons. The number of hydrogen-bond acceptors (Lipinski definition) is 5. The summed E-state index contributed by atoms with van der Waals surface area (Å²) in [5.41, 5.74) is 2.03. The lowest BCUT2D eigenvalue weighted by molar-refractivity contribution is 0.0240. The van der Waals surface area contributed by atoms with Crippen LogP contribution in [0.1, 0.15) is 26.3 Å². The fourth-order valence-corrected chi connectivity index (χ4v) is 5.11. The summed E-state index contributed by atoms with van der Waals surface area (Å²) in [5.74, 6) is 0. The van der Waals surface area contributed by atoms with Crippen molar-refractivity contribution in [3.8, 4) is 0 Å². The first kappa shape index (κ1) is 23.9. The summed E-state index contributed by atoms with van der Waals surface area (Å²) in [4.78, 5) is 16.6. The lowest BCUT2D eigenvalue weighted by Crippen LogP contribution is -2.50. The van der Waals surface area contributed by atoms with Crippen LogP contribution in [0.4, 0.5) is 16.2 Å². The van der Waals surface area contributed by atoms with Crippen LogP contribution in [0.25, 0.3) is 10.8 Å². The molecule has 0 atom stereocenters. The van der Waals surface area contributed by atoms with E-state index >= 15 is 0 Å². The molecule has 34 heavy (non-hydrogen) atoms. The minimum Gasteiger partial charge on any atom is -0.444 e. The molecule has 4 rings (SSSR count). The van der Waals surface area contributed by atoms with E-state index in [1.54, 1.807) is 29.2 Å². The third-order valence-electron chi connectivity index (χ3n) is 5.75. The number of carbonyl (C=O) groups excluding carboxylic acids is 1. The minimum absolute atomic E-state index is 0.226. The zero-order valence-corrected chi connectivity index (χ0v) is 20.9. The normalized spacial score (nSPS) is 14.8. The minimum atomic E-state index is -3.71. The van der Waals surface area contributed by atoms with Gasteiger partial charge in [-0.2, -0.15) is 0 Å². The highest BCUT2D eigenvalue weighted by atomic mass is 32.2. The molecule has 8 heteroatoms. The number of fused-ring (bicyclic) bond motifs is 1. The summed E-state index contributed by atoms with van der Waals surface area (Å²) in [7, 11) is -3.71. The van der Waals surface area contributed by atoms with Crippen LogP contribution in [0.2, 0.25) is 0 Å². The van der Waals surface area contributed by atoms with E-state index in [9.17, 15) is 13.2 Å². The van der Waals surface area contributed by atoms with Gasteiger partial charge in [-0.15, -0.1) is 0 Å². The highest BCUT2D eigenvalue weighted by Crippen LogP contribution is 2.34. The summed E-state index contributed by atoms with van der Waals surface area (Å²) >= 11 is 0. The molecule has 0 radical (unpaired) electrons. The van der Waals surface area contributed by atoms with Gasteiger partial charge in [0.2, 0.25) is 0 Å². The molecule has 1 N–H and O–H groups in total. The number of amides is 1. The summed E-state index contributed by atoms with van der Waals surface area (Å²) in [5, 5.41) is 1.78. The maximum atomic E-state index is 13.0. The monoisotopic (exact) mass is 481 g/mol. The van der Waals surface area contributed by atoms with Crippen molar-refractivity contribution in [3.05, 3.63) is 66.2 Å². The molecule has 0 spiro atoms. The zero-order valence-electron chi connectivity index (χ0n) is 20.0. The van der Waals surface area contributed by atoms with Gasteiger partial charge in [0.25, 0.3) is 10.0 Å². The van der Waals surface area contributed by atoms with E-state index < -0.39 is 15.6 Å². The molecule has 1 amide bonds. The Morgan fingerprint density at radius 2 is 1.50 bits per heavy atom. The molecule has 0 saturated carbocycles. The molecule has 0 bridgehead atoms. The van der Waals surface area contributed by atoms with E-state index in [1.807, 2.05) is 64.1 Å². The van der Waals surface area contributed by atoms with E-state index in [-0.39, 0.29) is 11.0 Å². The smallest absolute Gasteiger partial charge is 0.410 e. The zero-order chi connectivity index (χ0) is 24.5. The topological polar surface area (TPSA) is 79.0 Å². The Kier molecular flexibility index (Phi) is 6.45. The van der Waals surface area contributed by atoms with E-state index in [0.29, 0.717) is 31.9 Å². The number of benzene rings is 3. The van der Waals surface area contributed by atoms with Crippen LogP contribution in [0.5, 0.6) is 0 Å². The first-order valence-corrected chi connectivity index (χ1v) is 12.9. The second-order valence-corrected chi connectivity index (χ2v) is 11.2. The number of ether oxygens (including phenoxy) is 1. The Labute approximate surface area is 201 Å². The molecule has 1 saturated heterocycles. The van der Waals surface area contributed by atoms with Gasteiger partial charge in [0.1, 0.15) is 5.60 Å². The van der Waals surface area contributed by atoms with E-state index in [1.165, 1.54) is 0 Å². The first-order valence-electron chi connectivity index (χ1n) is 11.4. The maximum absolute atomic E-state index is 13.0.